The Hall–Kier alpha value is -3.04. The van der Waals surface area contributed by atoms with E-state index in [4.69, 9.17) is 0 Å². The molecular formula is C27H23O2S-. The molecule has 3 heteroatoms. The van der Waals surface area contributed by atoms with Gasteiger partial charge in [0.1, 0.15) is 0 Å². The lowest BCUT2D eigenvalue weighted by molar-refractivity contribution is -0.255. The Morgan fingerprint density at radius 2 is 1.60 bits per heavy atom. The molecule has 0 saturated carbocycles. The van der Waals surface area contributed by atoms with Gasteiger partial charge in [-0.15, -0.1) is 0 Å². The van der Waals surface area contributed by atoms with E-state index in [1.807, 2.05) is 23.9 Å². The number of carboxylic acids is 1. The standard InChI is InChI=1S/C27H24O2S/c1-27(2)17-16-25(30-22-6-4-3-5-7-22)23-18-20(12-15-24(23)27)9-8-19-10-13-21(14-11-19)26(28)29/h3-16,18H,17H2,1-2H3,(H,28,29)/p-1/b9-8+. The van der Waals surface area contributed by atoms with Crippen molar-refractivity contribution in [1.29, 1.82) is 0 Å². The molecule has 4 rings (SSSR count). The third-order valence-electron chi connectivity index (χ3n) is 5.42. The van der Waals surface area contributed by atoms with Gasteiger partial charge in [0.25, 0.3) is 0 Å². The number of fused-ring (bicyclic) bond motifs is 1. The zero-order chi connectivity index (χ0) is 21.1. The molecule has 0 atom stereocenters. The summed E-state index contributed by atoms with van der Waals surface area (Å²) in [4.78, 5) is 13.4. The maximum absolute atomic E-state index is 10.9. The van der Waals surface area contributed by atoms with Gasteiger partial charge in [-0.05, 0) is 57.9 Å². The summed E-state index contributed by atoms with van der Waals surface area (Å²) >= 11 is 1.81. The van der Waals surface area contributed by atoms with Crippen molar-refractivity contribution in [2.24, 2.45) is 0 Å². The van der Waals surface area contributed by atoms with Crippen LogP contribution in [0.2, 0.25) is 0 Å². The smallest absolute Gasteiger partial charge is 0.0715 e. The molecule has 0 heterocycles. The summed E-state index contributed by atoms with van der Waals surface area (Å²) in [7, 11) is 0. The Labute approximate surface area is 182 Å². The average Bonchev–Trinajstić information content (AvgIpc) is 2.75. The highest BCUT2D eigenvalue weighted by Gasteiger charge is 2.28. The number of rotatable bonds is 5. The van der Waals surface area contributed by atoms with Crippen molar-refractivity contribution >= 4 is 34.8 Å². The minimum atomic E-state index is -1.15. The first-order chi connectivity index (χ1) is 14.4. The fourth-order valence-corrected chi connectivity index (χ4v) is 4.65. The predicted molar refractivity (Wildman–Crippen MR) is 124 cm³/mol. The van der Waals surface area contributed by atoms with Crippen LogP contribution in [0.1, 0.15) is 52.9 Å². The van der Waals surface area contributed by atoms with Crippen molar-refractivity contribution in [1.82, 2.24) is 0 Å². The van der Waals surface area contributed by atoms with Crippen LogP contribution in [0, 0.1) is 0 Å². The Balaban J connectivity index is 1.63. The summed E-state index contributed by atoms with van der Waals surface area (Å²) in [6, 6.07) is 23.8. The Morgan fingerprint density at radius 1 is 0.933 bits per heavy atom. The van der Waals surface area contributed by atoms with Crippen LogP contribution in [0.5, 0.6) is 0 Å². The summed E-state index contributed by atoms with van der Waals surface area (Å²) in [6.45, 7) is 4.58. The zero-order valence-corrected chi connectivity index (χ0v) is 17.9. The molecule has 0 fully saturated rings. The van der Waals surface area contributed by atoms with Crippen LogP contribution < -0.4 is 5.11 Å². The highest BCUT2D eigenvalue weighted by atomic mass is 32.2. The summed E-state index contributed by atoms with van der Waals surface area (Å²) in [5, 5.41) is 10.9. The van der Waals surface area contributed by atoms with Gasteiger partial charge < -0.3 is 9.90 Å². The molecule has 0 aromatic heterocycles. The maximum atomic E-state index is 10.9. The van der Waals surface area contributed by atoms with Crippen LogP contribution >= 0.6 is 11.8 Å². The largest absolute Gasteiger partial charge is 0.545 e. The lowest BCUT2D eigenvalue weighted by Gasteiger charge is -2.32. The molecule has 0 spiro atoms. The van der Waals surface area contributed by atoms with Gasteiger partial charge in [0.05, 0.1) is 5.97 Å². The third kappa shape index (κ3) is 4.42. The second kappa shape index (κ2) is 8.37. The first-order valence-corrected chi connectivity index (χ1v) is 10.8. The zero-order valence-electron chi connectivity index (χ0n) is 17.1. The predicted octanol–water partition coefficient (Wildman–Crippen LogP) is 6.04. The first kappa shape index (κ1) is 20.2. The molecule has 150 valence electrons. The van der Waals surface area contributed by atoms with E-state index in [0.717, 1.165) is 17.5 Å². The lowest BCUT2D eigenvalue weighted by atomic mass is 9.75. The lowest BCUT2D eigenvalue weighted by Crippen LogP contribution is -2.21. The van der Waals surface area contributed by atoms with Gasteiger partial charge in [-0.3, -0.25) is 0 Å². The van der Waals surface area contributed by atoms with E-state index >= 15 is 0 Å². The molecule has 3 aromatic rings. The minimum absolute atomic E-state index is 0.110. The van der Waals surface area contributed by atoms with Crippen LogP contribution in [-0.4, -0.2) is 5.97 Å². The van der Waals surface area contributed by atoms with Gasteiger partial charge in [-0.2, -0.15) is 0 Å². The van der Waals surface area contributed by atoms with Gasteiger partial charge in [-0.25, -0.2) is 0 Å². The number of carboxylic acid groups (broad SMARTS) is 1. The topological polar surface area (TPSA) is 40.1 Å². The summed E-state index contributed by atoms with van der Waals surface area (Å²) in [5.74, 6) is -1.15. The van der Waals surface area contributed by atoms with Crippen molar-refractivity contribution in [2.45, 2.75) is 30.6 Å². The van der Waals surface area contributed by atoms with E-state index < -0.39 is 5.97 Å². The molecule has 2 nitrogen and oxygen atoms in total. The second-order valence-electron chi connectivity index (χ2n) is 8.12. The highest BCUT2D eigenvalue weighted by molar-refractivity contribution is 8.08. The summed E-state index contributed by atoms with van der Waals surface area (Å²) in [5.41, 5.74) is 5.03. The number of hydrogen-bond donors (Lipinski definition) is 0. The van der Waals surface area contributed by atoms with Crippen molar-refractivity contribution in [3.63, 3.8) is 0 Å². The van der Waals surface area contributed by atoms with Crippen LogP contribution in [0.4, 0.5) is 0 Å². The molecule has 0 unspecified atom stereocenters. The maximum Gasteiger partial charge on any atom is 0.0715 e. The number of carbonyl (C=O) groups is 1. The number of hydrogen-bond acceptors (Lipinski definition) is 3. The molecule has 0 aliphatic heterocycles. The van der Waals surface area contributed by atoms with Crippen LogP contribution in [-0.2, 0) is 5.41 Å². The quantitative estimate of drug-likeness (QED) is 0.481. The molecule has 0 saturated heterocycles. The van der Waals surface area contributed by atoms with Gasteiger partial charge in [0.15, 0.2) is 0 Å². The molecule has 1 aliphatic rings. The molecule has 0 N–H and O–H groups in total. The molecular weight excluding hydrogens is 388 g/mol. The van der Waals surface area contributed by atoms with Crippen molar-refractivity contribution in [3.05, 3.63) is 107 Å². The van der Waals surface area contributed by atoms with E-state index in [1.54, 1.807) is 24.3 Å². The van der Waals surface area contributed by atoms with Gasteiger partial charge in [-0.1, -0.05) is 98.4 Å². The molecule has 0 amide bonds. The van der Waals surface area contributed by atoms with Crippen molar-refractivity contribution in [2.75, 3.05) is 0 Å². The molecule has 30 heavy (non-hydrogen) atoms. The second-order valence-corrected chi connectivity index (χ2v) is 9.23. The number of carbonyl (C=O) groups excluding carboxylic acids is 1. The fraction of sp³-hybridized carbons (Fsp3) is 0.148. The average molecular weight is 412 g/mol. The number of aromatic carboxylic acids is 1. The monoisotopic (exact) mass is 411 g/mol. The normalized spacial score (nSPS) is 14.9. The van der Waals surface area contributed by atoms with Gasteiger partial charge in [0.2, 0.25) is 0 Å². The van der Waals surface area contributed by atoms with E-state index in [9.17, 15) is 9.90 Å². The van der Waals surface area contributed by atoms with Crippen LogP contribution in [0.25, 0.3) is 17.1 Å². The van der Waals surface area contributed by atoms with E-state index in [1.165, 1.54) is 20.9 Å². The molecule has 3 aromatic carbocycles. The fourth-order valence-electron chi connectivity index (χ4n) is 3.66. The van der Waals surface area contributed by atoms with Crippen molar-refractivity contribution in [3.8, 4) is 0 Å². The first-order valence-electron chi connectivity index (χ1n) is 10.00. The van der Waals surface area contributed by atoms with E-state index in [0.29, 0.717) is 0 Å². The number of benzene rings is 3. The SMILES string of the molecule is CC1(C)CC=C(Sc2ccccc2)c2cc(/C=C/c3ccc(C(=O)[O-])cc3)ccc21. The molecule has 0 bridgehead atoms. The third-order valence-corrected chi connectivity index (χ3v) is 6.54. The molecule has 0 radical (unpaired) electrons. The van der Waals surface area contributed by atoms with Crippen LogP contribution in [0.15, 0.2) is 83.8 Å². The Bertz CT molecular complexity index is 1120. The van der Waals surface area contributed by atoms with Crippen LogP contribution in [0.3, 0.4) is 0 Å². The summed E-state index contributed by atoms with van der Waals surface area (Å²) in [6.07, 6.45) is 7.45. The summed E-state index contributed by atoms with van der Waals surface area (Å²) < 4.78 is 0. The van der Waals surface area contributed by atoms with E-state index in [-0.39, 0.29) is 11.0 Å². The van der Waals surface area contributed by atoms with Crippen molar-refractivity contribution < 1.29 is 9.90 Å². The number of thioether (sulfide) groups is 1. The van der Waals surface area contributed by atoms with Gasteiger partial charge >= 0.3 is 0 Å². The van der Waals surface area contributed by atoms with Gasteiger partial charge in [0, 0.05) is 9.80 Å². The number of allylic oxidation sites excluding steroid dienone is 1. The minimum Gasteiger partial charge on any atom is -0.545 e. The molecule has 1 aliphatic carbocycles. The highest BCUT2D eigenvalue weighted by Crippen LogP contribution is 2.45. The Kier molecular flexibility index (Phi) is 5.65. The van der Waals surface area contributed by atoms with E-state index in [2.05, 4.69) is 68.5 Å². The Morgan fingerprint density at radius 3 is 2.30 bits per heavy atom.